The van der Waals surface area contributed by atoms with E-state index in [1.54, 1.807) is 39.8 Å². The number of carboxylic acids is 1. The molecule has 20 heavy (non-hydrogen) atoms. The lowest BCUT2D eigenvalue weighted by Gasteiger charge is -2.27. The van der Waals surface area contributed by atoms with E-state index >= 15 is 0 Å². The number of aryl methyl sites for hydroxylation is 2. The van der Waals surface area contributed by atoms with E-state index < -0.39 is 27.4 Å². The van der Waals surface area contributed by atoms with E-state index in [9.17, 15) is 18.3 Å². The van der Waals surface area contributed by atoms with Gasteiger partial charge in [0.15, 0.2) is 0 Å². The lowest BCUT2D eigenvalue weighted by atomic mass is 9.88. The minimum Gasteiger partial charge on any atom is -0.480 e. The maximum atomic E-state index is 12.4. The third-order valence-electron chi connectivity index (χ3n) is 3.01. The summed E-state index contributed by atoms with van der Waals surface area (Å²) in [5.74, 6) is -1.19. The average Bonchev–Trinajstić information content (AvgIpc) is 2.23. The number of carboxylic acid groups (broad SMARTS) is 1. The van der Waals surface area contributed by atoms with Crippen molar-refractivity contribution in [1.82, 2.24) is 4.72 Å². The minimum absolute atomic E-state index is 0.110. The van der Waals surface area contributed by atoms with E-state index in [4.69, 9.17) is 0 Å². The van der Waals surface area contributed by atoms with Crippen molar-refractivity contribution in [1.29, 1.82) is 0 Å². The predicted octanol–water partition coefficient (Wildman–Crippen LogP) is 2.08. The molecule has 0 aromatic heterocycles. The molecule has 0 aliphatic rings. The number of carbonyl (C=O) groups is 1. The highest BCUT2D eigenvalue weighted by atomic mass is 32.2. The molecule has 0 bridgehead atoms. The van der Waals surface area contributed by atoms with Crippen LogP contribution in [0, 0.1) is 19.3 Å². The van der Waals surface area contributed by atoms with Gasteiger partial charge in [0, 0.05) is 0 Å². The van der Waals surface area contributed by atoms with Crippen LogP contribution in [0.5, 0.6) is 0 Å². The Hall–Kier alpha value is -1.40. The summed E-state index contributed by atoms with van der Waals surface area (Å²) in [5.41, 5.74) is 0.819. The molecule has 0 heterocycles. The number of rotatable bonds is 4. The zero-order valence-corrected chi connectivity index (χ0v) is 13.2. The summed E-state index contributed by atoms with van der Waals surface area (Å²) in [7, 11) is -3.87. The van der Waals surface area contributed by atoms with Crippen LogP contribution in [0.15, 0.2) is 23.1 Å². The van der Waals surface area contributed by atoms with Crippen LogP contribution in [0.25, 0.3) is 0 Å². The number of hydrogen-bond acceptors (Lipinski definition) is 3. The Morgan fingerprint density at radius 3 is 2.20 bits per heavy atom. The Morgan fingerprint density at radius 2 is 1.80 bits per heavy atom. The Labute approximate surface area is 120 Å². The maximum Gasteiger partial charge on any atom is 0.322 e. The molecule has 1 aromatic rings. The predicted molar refractivity (Wildman–Crippen MR) is 77.1 cm³/mol. The fourth-order valence-corrected chi connectivity index (χ4v) is 3.54. The van der Waals surface area contributed by atoms with Crippen LogP contribution in [0.3, 0.4) is 0 Å². The number of benzene rings is 1. The van der Waals surface area contributed by atoms with Crippen LogP contribution >= 0.6 is 0 Å². The standard InChI is InChI=1S/C14H21NO4S/c1-9-6-7-11(10(2)8-9)20(18,19)15-12(13(16)17)14(3,4)5/h6-8,12,15H,1-5H3,(H,16,17)/t12-/m1/s1. The molecule has 1 aromatic carbocycles. The van der Waals surface area contributed by atoms with Gasteiger partial charge in [0.1, 0.15) is 6.04 Å². The largest absolute Gasteiger partial charge is 0.480 e. The SMILES string of the molecule is Cc1ccc(S(=O)(=O)N[C@H](C(=O)O)C(C)(C)C)c(C)c1. The minimum atomic E-state index is -3.87. The molecule has 0 saturated heterocycles. The van der Waals surface area contributed by atoms with E-state index in [0.717, 1.165) is 5.56 Å². The second kappa shape index (κ2) is 5.54. The lowest BCUT2D eigenvalue weighted by Crippen LogP contribution is -2.49. The molecule has 1 rings (SSSR count). The molecule has 0 amide bonds. The first-order valence-electron chi connectivity index (χ1n) is 6.27. The van der Waals surface area contributed by atoms with E-state index in [1.807, 2.05) is 6.92 Å². The molecule has 0 aliphatic heterocycles. The maximum absolute atomic E-state index is 12.4. The summed E-state index contributed by atoms with van der Waals surface area (Å²) >= 11 is 0. The average molecular weight is 299 g/mol. The first kappa shape index (κ1) is 16.7. The van der Waals surface area contributed by atoms with Gasteiger partial charge in [-0.1, -0.05) is 38.5 Å². The van der Waals surface area contributed by atoms with E-state index in [-0.39, 0.29) is 4.90 Å². The van der Waals surface area contributed by atoms with Crippen LogP contribution in [-0.2, 0) is 14.8 Å². The highest BCUT2D eigenvalue weighted by Gasteiger charge is 2.35. The molecule has 0 radical (unpaired) electrons. The van der Waals surface area contributed by atoms with Gasteiger partial charge in [-0.2, -0.15) is 4.72 Å². The quantitative estimate of drug-likeness (QED) is 0.891. The van der Waals surface area contributed by atoms with Crippen LogP contribution in [0.4, 0.5) is 0 Å². The Morgan fingerprint density at radius 1 is 1.25 bits per heavy atom. The zero-order chi connectivity index (χ0) is 15.7. The van der Waals surface area contributed by atoms with E-state index in [2.05, 4.69) is 4.72 Å². The third-order valence-corrected chi connectivity index (χ3v) is 4.59. The summed E-state index contributed by atoms with van der Waals surface area (Å²) in [6, 6.07) is 3.75. The van der Waals surface area contributed by atoms with Crippen molar-refractivity contribution in [3.63, 3.8) is 0 Å². The fraction of sp³-hybridized carbons (Fsp3) is 0.500. The molecule has 0 unspecified atom stereocenters. The Balaban J connectivity index is 3.20. The van der Waals surface area contributed by atoms with Crippen LogP contribution < -0.4 is 4.72 Å². The van der Waals surface area contributed by atoms with Gasteiger partial charge in [-0.05, 0) is 30.9 Å². The van der Waals surface area contributed by atoms with Gasteiger partial charge in [0.2, 0.25) is 10.0 Å². The van der Waals surface area contributed by atoms with Crippen molar-refractivity contribution in [2.45, 2.75) is 45.6 Å². The highest BCUT2D eigenvalue weighted by Crippen LogP contribution is 2.23. The molecule has 2 N–H and O–H groups in total. The number of nitrogens with one attached hydrogen (secondary N) is 1. The van der Waals surface area contributed by atoms with E-state index in [1.165, 1.54) is 6.07 Å². The van der Waals surface area contributed by atoms with Gasteiger partial charge in [-0.3, -0.25) is 4.79 Å². The topological polar surface area (TPSA) is 83.5 Å². The molecule has 0 saturated carbocycles. The summed E-state index contributed by atoms with van der Waals surface area (Å²) in [6.07, 6.45) is 0. The number of aliphatic carboxylic acids is 1. The van der Waals surface area contributed by atoms with Gasteiger partial charge in [0.05, 0.1) is 4.90 Å². The molecule has 5 nitrogen and oxygen atoms in total. The van der Waals surface area contributed by atoms with Gasteiger partial charge in [0.25, 0.3) is 0 Å². The molecule has 0 aliphatic carbocycles. The second-order valence-electron chi connectivity index (χ2n) is 6.03. The van der Waals surface area contributed by atoms with Crippen LogP contribution in [0.1, 0.15) is 31.9 Å². The van der Waals surface area contributed by atoms with Crippen molar-refractivity contribution in [2.75, 3.05) is 0 Å². The third kappa shape index (κ3) is 3.80. The Kier molecular flexibility index (Phi) is 4.61. The highest BCUT2D eigenvalue weighted by molar-refractivity contribution is 7.89. The first-order chi connectivity index (χ1) is 8.95. The summed E-state index contributed by atoms with van der Waals surface area (Å²) < 4.78 is 27.0. The first-order valence-corrected chi connectivity index (χ1v) is 7.76. The molecule has 112 valence electrons. The van der Waals surface area contributed by atoms with Gasteiger partial charge >= 0.3 is 5.97 Å². The van der Waals surface area contributed by atoms with Crippen molar-refractivity contribution in [3.8, 4) is 0 Å². The van der Waals surface area contributed by atoms with Crippen LogP contribution in [0.2, 0.25) is 0 Å². The second-order valence-corrected chi connectivity index (χ2v) is 7.71. The monoisotopic (exact) mass is 299 g/mol. The molecule has 0 fully saturated rings. The summed E-state index contributed by atoms with van der Waals surface area (Å²) in [5, 5.41) is 9.21. The fourth-order valence-electron chi connectivity index (χ4n) is 1.92. The number of sulfonamides is 1. The molecule has 1 atom stereocenters. The normalized spacial score (nSPS) is 14.1. The van der Waals surface area contributed by atoms with Gasteiger partial charge in [-0.25, -0.2) is 8.42 Å². The number of hydrogen-bond donors (Lipinski definition) is 2. The smallest absolute Gasteiger partial charge is 0.322 e. The molecular weight excluding hydrogens is 278 g/mol. The molecule has 6 heteroatoms. The van der Waals surface area contributed by atoms with Crippen molar-refractivity contribution < 1.29 is 18.3 Å². The van der Waals surface area contributed by atoms with Crippen molar-refractivity contribution >= 4 is 16.0 Å². The van der Waals surface area contributed by atoms with Crippen molar-refractivity contribution in [2.24, 2.45) is 5.41 Å². The van der Waals surface area contributed by atoms with Gasteiger partial charge in [-0.15, -0.1) is 0 Å². The Bertz CT molecular complexity index is 615. The van der Waals surface area contributed by atoms with E-state index in [0.29, 0.717) is 5.56 Å². The van der Waals surface area contributed by atoms with Crippen LogP contribution in [-0.4, -0.2) is 25.5 Å². The molecular formula is C14H21NO4S. The molecule has 0 spiro atoms. The summed E-state index contributed by atoms with van der Waals surface area (Å²) in [6.45, 7) is 8.59. The van der Waals surface area contributed by atoms with Crippen molar-refractivity contribution in [3.05, 3.63) is 29.3 Å². The lowest BCUT2D eigenvalue weighted by molar-refractivity contribution is -0.141. The zero-order valence-electron chi connectivity index (χ0n) is 12.4. The van der Waals surface area contributed by atoms with Gasteiger partial charge < -0.3 is 5.11 Å². The summed E-state index contributed by atoms with van der Waals surface area (Å²) in [4.78, 5) is 11.4.